The number of nitrogens with two attached hydrogens (primary N) is 1. The Kier molecular flexibility index (Phi) is 4.64. The quantitative estimate of drug-likeness (QED) is 0.716. The van der Waals surface area contributed by atoms with Gasteiger partial charge in [-0.2, -0.15) is 0 Å². The van der Waals surface area contributed by atoms with Crippen molar-refractivity contribution < 1.29 is 13.2 Å². The third-order valence-corrected chi connectivity index (χ3v) is 4.97. The Labute approximate surface area is 124 Å². The maximum absolute atomic E-state index is 12.1. The van der Waals surface area contributed by atoms with Gasteiger partial charge in [-0.05, 0) is 25.8 Å². The minimum atomic E-state index is -3.75. The summed E-state index contributed by atoms with van der Waals surface area (Å²) >= 11 is 0. The van der Waals surface area contributed by atoms with Crippen LogP contribution in [0.2, 0.25) is 0 Å². The van der Waals surface area contributed by atoms with Crippen LogP contribution in [-0.2, 0) is 21.9 Å². The van der Waals surface area contributed by atoms with Crippen molar-refractivity contribution in [2.24, 2.45) is 18.7 Å². The SMILES string of the molecule is CC1CC(CN)CN1C(=O)CNS(=O)(=O)c1cn(C)cn1. The van der Waals surface area contributed by atoms with E-state index in [9.17, 15) is 13.2 Å². The lowest BCUT2D eigenvalue weighted by Crippen LogP contribution is -2.42. The number of hydrogen-bond acceptors (Lipinski definition) is 5. The highest BCUT2D eigenvalue weighted by molar-refractivity contribution is 7.89. The van der Waals surface area contributed by atoms with Crippen LogP contribution in [0.3, 0.4) is 0 Å². The smallest absolute Gasteiger partial charge is 0.260 e. The number of carbonyl (C=O) groups is 1. The molecule has 1 aromatic rings. The first-order valence-corrected chi connectivity index (χ1v) is 8.29. The molecule has 2 heterocycles. The van der Waals surface area contributed by atoms with E-state index in [0.717, 1.165) is 6.42 Å². The first-order chi connectivity index (χ1) is 9.83. The van der Waals surface area contributed by atoms with Crippen LogP contribution in [0.15, 0.2) is 17.6 Å². The summed E-state index contributed by atoms with van der Waals surface area (Å²) < 4.78 is 27.8. The second-order valence-electron chi connectivity index (χ2n) is 5.43. The summed E-state index contributed by atoms with van der Waals surface area (Å²) in [7, 11) is -2.08. The van der Waals surface area contributed by atoms with E-state index in [1.165, 1.54) is 17.1 Å². The van der Waals surface area contributed by atoms with E-state index in [2.05, 4.69) is 9.71 Å². The zero-order chi connectivity index (χ0) is 15.6. The van der Waals surface area contributed by atoms with Crippen molar-refractivity contribution in [1.82, 2.24) is 19.2 Å². The Hall–Kier alpha value is -1.45. The highest BCUT2D eigenvalue weighted by atomic mass is 32.2. The average molecular weight is 315 g/mol. The molecule has 1 saturated heterocycles. The molecule has 8 nitrogen and oxygen atoms in total. The molecule has 1 aromatic heterocycles. The van der Waals surface area contributed by atoms with Crippen molar-refractivity contribution in [1.29, 1.82) is 0 Å². The van der Waals surface area contributed by atoms with Crippen LogP contribution in [0.25, 0.3) is 0 Å². The average Bonchev–Trinajstić information content (AvgIpc) is 3.02. The number of sulfonamides is 1. The number of carbonyl (C=O) groups excluding carboxylic acids is 1. The van der Waals surface area contributed by atoms with Crippen molar-refractivity contribution >= 4 is 15.9 Å². The number of nitrogens with zero attached hydrogens (tertiary/aromatic N) is 3. The lowest BCUT2D eigenvalue weighted by atomic mass is 10.1. The Morgan fingerprint density at radius 1 is 1.57 bits per heavy atom. The zero-order valence-electron chi connectivity index (χ0n) is 12.2. The number of hydrogen-bond donors (Lipinski definition) is 2. The molecule has 1 aliphatic rings. The van der Waals surface area contributed by atoms with Crippen LogP contribution in [0.1, 0.15) is 13.3 Å². The van der Waals surface area contributed by atoms with E-state index in [-0.39, 0.29) is 29.4 Å². The zero-order valence-corrected chi connectivity index (χ0v) is 13.0. The van der Waals surface area contributed by atoms with Gasteiger partial charge in [0, 0.05) is 25.8 Å². The van der Waals surface area contributed by atoms with Gasteiger partial charge in [-0.3, -0.25) is 4.79 Å². The lowest BCUT2D eigenvalue weighted by molar-refractivity contribution is -0.130. The minimum absolute atomic E-state index is 0.0883. The van der Waals surface area contributed by atoms with Gasteiger partial charge in [0.1, 0.15) is 0 Å². The highest BCUT2D eigenvalue weighted by Gasteiger charge is 2.32. The topological polar surface area (TPSA) is 110 Å². The number of likely N-dealkylation sites (tertiary alicyclic amines) is 1. The van der Waals surface area contributed by atoms with E-state index >= 15 is 0 Å². The largest absolute Gasteiger partial charge is 0.339 e. The van der Waals surface area contributed by atoms with Crippen molar-refractivity contribution in [3.63, 3.8) is 0 Å². The number of rotatable bonds is 5. The first-order valence-electron chi connectivity index (χ1n) is 6.80. The summed E-state index contributed by atoms with van der Waals surface area (Å²) in [6, 6.07) is 0.0883. The summed E-state index contributed by atoms with van der Waals surface area (Å²) in [6.45, 7) is 2.80. The number of aryl methyl sites for hydroxylation is 1. The lowest BCUT2D eigenvalue weighted by Gasteiger charge is -2.21. The summed E-state index contributed by atoms with van der Waals surface area (Å²) in [5.74, 6) is 0.0503. The van der Waals surface area contributed by atoms with Gasteiger partial charge in [-0.15, -0.1) is 0 Å². The number of aromatic nitrogens is 2. The molecule has 0 saturated carbocycles. The molecule has 0 aliphatic carbocycles. The van der Waals surface area contributed by atoms with Crippen molar-refractivity contribution in [2.45, 2.75) is 24.4 Å². The van der Waals surface area contributed by atoms with Gasteiger partial charge in [0.15, 0.2) is 5.03 Å². The molecule has 0 spiro atoms. The maximum atomic E-state index is 12.1. The molecule has 1 aliphatic heterocycles. The van der Waals surface area contributed by atoms with Gasteiger partial charge in [0.2, 0.25) is 5.91 Å². The highest BCUT2D eigenvalue weighted by Crippen LogP contribution is 2.21. The Morgan fingerprint density at radius 2 is 2.29 bits per heavy atom. The molecular weight excluding hydrogens is 294 g/mol. The molecular formula is C12H21N5O3S. The number of nitrogens with one attached hydrogen (secondary N) is 1. The van der Waals surface area contributed by atoms with E-state index in [1.54, 1.807) is 11.9 Å². The van der Waals surface area contributed by atoms with Crippen molar-refractivity contribution in [3.05, 3.63) is 12.5 Å². The van der Waals surface area contributed by atoms with Crippen LogP contribution < -0.4 is 10.5 Å². The summed E-state index contributed by atoms with van der Waals surface area (Å²) in [5, 5.41) is -0.0906. The predicted molar refractivity (Wildman–Crippen MR) is 76.7 cm³/mol. The van der Waals surface area contributed by atoms with E-state index in [4.69, 9.17) is 5.73 Å². The fraction of sp³-hybridized carbons (Fsp3) is 0.667. The molecule has 118 valence electrons. The Morgan fingerprint density at radius 3 is 2.81 bits per heavy atom. The maximum Gasteiger partial charge on any atom is 0.260 e. The summed E-state index contributed by atoms with van der Waals surface area (Å²) in [6.07, 6.45) is 3.63. The van der Waals surface area contributed by atoms with Gasteiger partial charge in [-0.25, -0.2) is 18.1 Å². The van der Waals surface area contributed by atoms with Gasteiger partial charge >= 0.3 is 0 Å². The van der Waals surface area contributed by atoms with Gasteiger partial charge in [-0.1, -0.05) is 0 Å². The van der Waals surface area contributed by atoms with Crippen LogP contribution in [0.5, 0.6) is 0 Å². The minimum Gasteiger partial charge on any atom is -0.339 e. The van der Waals surface area contributed by atoms with Crippen LogP contribution in [0.4, 0.5) is 0 Å². The molecule has 0 bridgehead atoms. The van der Waals surface area contributed by atoms with Crippen molar-refractivity contribution in [3.8, 4) is 0 Å². The molecule has 21 heavy (non-hydrogen) atoms. The molecule has 1 fully saturated rings. The second-order valence-corrected chi connectivity index (χ2v) is 7.15. The fourth-order valence-corrected chi connectivity index (χ4v) is 3.47. The molecule has 2 atom stereocenters. The summed E-state index contributed by atoms with van der Waals surface area (Å²) in [4.78, 5) is 17.6. The summed E-state index contributed by atoms with van der Waals surface area (Å²) in [5.41, 5.74) is 5.62. The van der Waals surface area contributed by atoms with Gasteiger partial charge in [0.25, 0.3) is 10.0 Å². The van der Waals surface area contributed by atoms with E-state index < -0.39 is 10.0 Å². The normalized spacial score (nSPS) is 22.7. The third kappa shape index (κ3) is 3.60. The molecule has 2 rings (SSSR count). The van der Waals surface area contributed by atoms with Crippen LogP contribution in [-0.4, -0.2) is 54.5 Å². The van der Waals surface area contributed by atoms with Gasteiger partial charge in [0.05, 0.1) is 12.9 Å². The fourth-order valence-electron chi connectivity index (χ4n) is 2.52. The monoisotopic (exact) mass is 315 g/mol. The molecule has 0 aromatic carbocycles. The first kappa shape index (κ1) is 15.9. The van der Waals surface area contributed by atoms with E-state index in [1.807, 2.05) is 6.92 Å². The third-order valence-electron chi connectivity index (χ3n) is 3.69. The Balaban J connectivity index is 1.95. The molecule has 9 heteroatoms. The molecule has 2 unspecified atom stereocenters. The number of imidazole rings is 1. The van der Waals surface area contributed by atoms with Crippen LogP contribution >= 0.6 is 0 Å². The second kappa shape index (κ2) is 6.12. The van der Waals surface area contributed by atoms with Gasteiger partial charge < -0.3 is 15.2 Å². The molecule has 0 radical (unpaired) electrons. The van der Waals surface area contributed by atoms with Crippen LogP contribution in [0, 0.1) is 5.92 Å². The molecule has 3 N–H and O–H groups in total. The Bertz CT molecular complexity index is 612. The van der Waals surface area contributed by atoms with E-state index in [0.29, 0.717) is 13.1 Å². The molecule has 1 amide bonds. The standard InChI is InChI=1S/C12H21N5O3S/c1-9-3-10(4-13)6-17(9)12(18)5-15-21(19,20)11-7-16(2)8-14-11/h7-10,15H,3-6,13H2,1-2H3. The number of amides is 1. The predicted octanol–water partition coefficient (Wildman–Crippen LogP) is -1.11. The van der Waals surface area contributed by atoms with Crippen molar-refractivity contribution in [2.75, 3.05) is 19.6 Å².